The first-order valence-electron chi connectivity index (χ1n) is 5.20. The number of hydrogen-bond acceptors (Lipinski definition) is 4. The van der Waals surface area contributed by atoms with Crippen LogP contribution < -0.4 is 16.6 Å². The fourth-order valence-electron chi connectivity index (χ4n) is 1.79. The normalized spacial score (nSPS) is 22.3. The highest BCUT2D eigenvalue weighted by Gasteiger charge is 2.27. The van der Waals surface area contributed by atoms with Crippen molar-refractivity contribution in [3.8, 4) is 0 Å². The van der Waals surface area contributed by atoms with E-state index in [9.17, 15) is 9.59 Å². The molecule has 0 aromatic rings. The Morgan fingerprint density at radius 1 is 1.73 bits per heavy atom. The van der Waals surface area contributed by atoms with Crippen LogP contribution in [-0.2, 0) is 9.59 Å². The van der Waals surface area contributed by atoms with Crippen LogP contribution in [0.1, 0.15) is 19.8 Å². The molecule has 1 unspecified atom stereocenters. The maximum Gasteiger partial charge on any atom is 0.237 e. The van der Waals surface area contributed by atoms with Crippen molar-refractivity contribution in [2.45, 2.75) is 25.8 Å². The number of carbonyl (C=O) groups excluding carboxylic acids is 2. The Bertz CT molecular complexity index is 244. The number of nitrogens with zero attached hydrogens (tertiary/aromatic N) is 1. The molecule has 1 atom stereocenters. The third-order valence-corrected chi connectivity index (χ3v) is 2.62. The summed E-state index contributed by atoms with van der Waals surface area (Å²) in [6, 6.07) is -0.107. The van der Waals surface area contributed by atoms with Crippen LogP contribution >= 0.6 is 0 Å². The fourth-order valence-corrected chi connectivity index (χ4v) is 1.79. The third kappa shape index (κ3) is 3.17. The van der Waals surface area contributed by atoms with Crippen molar-refractivity contribution in [2.75, 3.05) is 19.6 Å². The van der Waals surface area contributed by atoms with Gasteiger partial charge in [0.05, 0.1) is 6.04 Å². The quantitative estimate of drug-likeness (QED) is 0.304. The molecule has 6 heteroatoms. The maximum atomic E-state index is 11.5. The minimum Gasteiger partial charge on any atom is -0.353 e. The van der Waals surface area contributed by atoms with Gasteiger partial charge in [0, 0.05) is 26.1 Å². The molecule has 15 heavy (non-hydrogen) atoms. The molecular weight excluding hydrogens is 196 g/mol. The molecule has 0 aliphatic carbocycles. The second kappa shape index (κ2) is 5.67. The molecule has 86 valence electrons. The van der Waals surface area contributed by atoms with E-state index in [0.717, 1.165) is 13.0 Å². The summed E-state index contributed by atoms with van der Waals surface area (Å²) in [5.41, 5.74) is 2.08. The van der Waals surface area contributed by atoms with Gasteiger partial charge in [0.15, 0.2) is 0 Å². The van der Waals surface area contributed by atoms with E-state index >= 15 is 0 Å². The van der Waals surface area contributed by atoms with E-state index in [4.69, 9.17) is 5.84 Å². The minimum absolute atomic E-state index is 0.0527. The Kier molecular flexibility index (Phi) is 4.51. The zero-order valence-corrected chi connectivity index (χ0v) is 8.95. The second-order valence-corrected chi connectivity index (χ2v) is 3.57. The lowest BCUT2D eigenvalue weighted by molar-refractivity contribution is -0.130. The molecule has 0 aromatic carbocycles. The molecule has 1 aliphatic heterocycles. The SMILES string of the molecule is CCC1C(=O)NCCN1CCC(=O)NN. The minimum atomic E-state index is -0.198. The lowest BCUT2D eigenvalue weighted by Gasteiger charge is -2.34. The summed E-state index contributed by atoms with van der Waals surface area (Å²) in [6.45, 7) is 3.99. The van der Waals surface area contributed by atoms with E-state index < -0.39 is 0 Å². The van der Waals surface area contributed by atoms with Crippen LogP contribution in [0.3, 0.4) is 0 Å². The van der Waals surface area contributed by atoms with Gasteiger partial charge in [-0.25, -0.2) is 5.84 Å². The Hall–Kier alpha value is -1.14. The topological polar surface area (TPSA) is 87.5 Å². The highest BCUT2D eigenvalue weighted by Crippen LogP contribution is 2.08. The van der Waals surface area contributed by atoms with Gasteiger partial charge in [0.2, 0.25) is 11.8 Å². The van der Waals surface area contributed by atoms with Crippen LogP contribution in [0.4, 0.5) is 0 Å². The number of nitrogens with one attached hydrogen (secondary N) is 2. The molecule has 1 rings (SSSR count). The van der Waals surface area contributed by atoms with Crippen LogP contribution in [0.2, 0.25) is 0 Å². The highest BCUT2D eigenvalue weighted by molar-refractivity contribution is 5.82. The molecule has 0 radical (unpaired) electrons. The van der Waals surface area contributed by atoms with Crippen molar-refractivity contribution in [2.24, 2.45) is 5.84 Å². The van der Waals surface area contributed by atoms with Crippen molar-refractivity contribution in [1.29, 1.82) is 0 Å². The van der Waals surface area contributed by atoms with Gasteiger partial charge >= 0.3 is 0 Å². The number of hydrazine groups is 1. The van der Waals surface area contributed by atoms with E-state index in [1.165, 1.54) is 0 Å². The average Bonchev–Trinajstić information content (AvgIpc) is 2.25. The summed E-state index contributed by atoms with van der Waals surface area (Å²) in [4.78, 5) is 24.5. The van der Waals surface area contributed by atoms with Gasteiger partial charge in [-0.1, -0.05) is 6.92 Å². The summed E-state index contributed by atoms with van der Waals surface area (Å²) < 4.78 is 0. The molecule has 2 amide bonds. The summed E-state index contributed by atoms with van der Waals surface area (Å²) in [7, 11) is 0. The van der Waals surface area contributed by atoms with Crippen LogP contribution in [0, 0.1) is 0 Å². The molecule has 1 fully saturated rings. The molecular formula is C9H18N4O2. The fraction of sp³-hybridized carbons (Fsp3) is 0.778. The van der Waals surface area contributed by atoms with E-state index in [1.54, 1.807) is 0 Å². The Morgan fingerprint density at radius 3 is 3.07 bits per heavy atom. The first-order valence-corrected chi connectivity index (χ1v) is 5.20. The van der Waals surface area contributed by atoms with Gasteiger partial charge in [-0.05, 0) is 6.42 Å². The smallest absolute Gasteiger partial charge is 0.237 e. The average molecular weight is 214 g/mol. The molecule has 1 saturated heterocycles. The van der Waals surface area contributed by atoms with Crippen molar-refractivity contribution in [3.05, 3.63) is 0 Å². The second-order valence-electron chi connectivity index (χ2n) is 3.57. The Balaban J connectivity index is 2.44. The molecule has 4 N–H and O–H groups in total. The monoisotopic (exact) mass is 214 g/mol. The summed E-state index contributed by atoms with van der Waals surface area (Å²) >= 11 is 0. The number of nitrogens with two attached hydrogens (primary N) is 1. The number of hydrogen-bond donors (Lipinski definition) is 3. The van der Waals surface area contributed by atoms with E-state index in [2.05, 4.69) is 10.7 Å². The summed E-state index contributed by atoms with van der Waals surface area (Å²) in [5.74, 6) is 4.84. The predicted molar refractivity (Wildman–Crippen MR) is 55.6 cm³/mol. The first-order chi connectivity index (χ1) is 7.19. The predicted octanol–water partition coefficient (Wildman–Crippen LogP) is -1.42. The van der Waals surface area contributed by atoms with E-state index in [1.807, 2.05) is 11.8 Å². The number of carbonyl (C=O) groups is 2. The standard InChI is InChI=1S/C9H18N4O2/c1-2-7-9(15)11-4-6-13(7)5-3-8(14)12-10/h7H,2-6,10H2,1H3,(H,11,15)(H,12,14). The number of amides is 2. The third-order valence-electron chi connectivity index (χ3n) is 2.62. The molecule has 0 bridgehead atoms. The Labute approximate surface area is 89.1 Å². The van der Waals surface area contributed by atoms with Gasteiger partial charge in [-0.2, -0.15) is 0 Å². The zero-order valence-electron chi connectivity index (χ0n) is 8.95. The molecule has 0 spiro atoms. The van der Waals surface area contributed by atoms with Crippen molar-refractivity contribution in [3.63, 3.8) is 0 Å². The lowest BCUT2D eigenvalue weighted by Crippen LogP contribution is -2.55. The number of rotatable bonds is 4. The number of piperazine rings is 1. The van der Waals surface area contributed by atoms with Crippen LogP contribution in [0.25, 0.3) is 0 Å². The molecule has 0 aromatic heterocycles. The van der Waals surface area contributed by atoms with Crippen molar-refractivity contribution < 1.29 is 9.59 Å². The Morgan fingerprint density at radius 2 is 2.47 bits per heavy atom. The summed E-state index contributed by atoms with van der Waals surface area (Å²) in [6.07, 6.45) is 1.09. The van der Waals surface area contributed by atoms with E-state index in [-0.39, 0.29) is 17.9 Å². The summed E-state index contributed by atoms with van der Waals surface area (Å²) in [5, 5.41) is 2.81. The van der Waals surface area contributed by atoms with E-state index in [0.29, 0.717) is 19.5 Å². The maximum absolute atomic E-state index is 11.5. The molecule has 1 heterocycles. The van der Waals surface area contributed by atoms with Crippen molar-refractivity contribution in [1.82, 2.24) is 15.6 Å². The van der Waals surface area contributed by atoms with Gasteiger partial charge < -0.3 is 5.32 Å². The van der Waals surface area contributed by atoms with Crippen molar-refractivity contribution >= 4 is 11.8 Å². The molecule has 1 aliphatic rings. The molecule has 0 saturated carbocycles. The molecule has 6 nitrogen and oxygen atoms in total. The van der Waals surface area contributed by atoms with Crippen LogP contribution in [0.5, 0.6) is 0 Å². The lowest BCUT2D eigenvalue weighted by atomic mass is 10.1. The highest BCUT2D eigenvalue weighted by atomic mass is 16.2. The zero-order chi connectivity index (χ0) is 11.3. The van der Waals surface area contributed by atoms with Gasteiger partial charge in [-0.3, -0.25) is 19.9 Å². The van der Waals surface area contributed by atoms with Crippen LogP contribution in [0.15, 0.2) is 0 Å². The largest absolute Gasteiger partial charge is 0.353 e. The van der Waals surface area contributed by atoms with Gasteiger partial charge in [0.25, 0.3) is 0 Å². The van der Waals surface area contributed by atoms with Gasteiger partial charge in [-0.15, -0.1) is 0 Å². The first kappa shape index (κ1) is 11.9. The van der Waals surface area contributed by atoms with Crippen LogP contribution in [-0.4, -0.2) is 42.4 Å². The van der Waals surface area contributed by atoms with Gasteiger partial charge in [0.1, 0.15) is 0 Å².